The minimum Gasteiger partial charge on any atom is -0.480 e. The molecule has 1 aromatic carbocycles. The van der Waals surface area contributed by atoms with Crippen molar-refractivity contribution < 1.29 is 19.1 Å². The van der Waals surface area contributed by atoms with Gasteiger partial charge in [0.05, 0.1) is 0 Å². The molecule has 4 nitrogen and oxygen atoms in total. The first-order valence-corrected chi connectivity index (χ1v) is 4.73. The second-order valence-corrected chi connectivity index (χ2v) is 3.49. The zero-order valence-electron chi connectivity index (χ0n) is 8.52. The Labute approximate surface area is 91.9 Å². The molecular formula is C11H12FNO3. The minimum absolute atomic E-state index is 0.0707. The van der Waals surface area contributed by atoms with E-state index in [1.807, 2.05) is 0 Å². The summed E-state index contributed by atoms with van der Waals surface area (Å²) in [6.07, 6.45) is -0.145. The lowest BCUT2D eigenvalue weighted by molar-refractivity contribution is -0.140. The van der Waals surface area contributed by atoms with E-state index < -0.39 is 12.0 Å². The highest BCUT2D eigenvalue weighted by molar-refractivity contribution is 5.86. The monoisotopic (exact) mass is 225 g/mol. The van der Waals surface area contributed by atoms with E-state index >= 15 is 0 Å². The van der Waals surface area contributed by atoms with Gasteiger partial charge < -0.3 is 10.8 Å². The summed E-state index contributed by atoms with van der Waals surface area (Å²) in [4.78, 5) is 21.8. The van der Waals surface area contributed by atoms with Crippen LogP contribution in [0.3, 0.4) is 0 Å². The molecule has 0 fully saturated rings. The third kappa shape index (κ3) is 3.78. The number of carboxylic acids is 1. The summed E-state index contributed by atoms with van der Waals surface area (Å²) in [7, 11) is 0. The number of carboxylic acid groups (broad SMARTS) is 1. The standard InChI is InChI=1S/C11H12FNO3/c12-8-3-1-7(2-4-8)5-9(14)6-10(13)11(15)16/h1-4,10H,5-6,13H2,(H,15,16)/t10-/m0/s1. The predicted octanol–water partition coefficient (Wildman–Crippen LogP) is 0.739. The molecule has 86 valence electrons. The lowest BCUT2D eigenvalue weighted by Gasteiger charge is -2.05. The molecule has 0 aliphatic rings. The van der Waals surface area contributed by atoms with Gasteiger partial charge in [-0.15, -0.1) is 0 Å². The number of Topliss-reactive ketones (excluding diaryl/α,β-unsaturated/α-hetero) is 1. The normalized spacial score (nSPS) is 12.1. The van der Waals surface area contributed by atoms with Crippen LogP contribution in [0.5, 0.6) is 0 Å². The van der Waals surface area contributed by atoms with Crippen LogP contribution in [0.4, 0.5) is 4.39 Å². The fourth-order valence-corrected chi connectivity index (χ4v) is 1.23. The molecule has 0 bridgehead atoms. The number of carbonyl (C=O) groups excluding carboxylic acids is 1. The van der Waals surface area contributed by atoms with Crippen LogP contribution in [0.1, 0.15) is 12.0 Å². The Kier molecular flexibility index (Phi) is 4.13. The van der Waals surface area contributed by atoms with Crippen LogP contribution in [0.2, 0.25) is 0 Å². The van der Waals surface area contributed by atoms with E-state index in [-0.39, 0.29) is 24.4 Å². The number of rotatable bonds is 5. The van der Waals surface area contributed by atoms with Gasteiger partial charge in [0.1, 0.15) is 17.6 Å². The van der Waals surface area contributed by atoms with E-state index in [9.17, 15) is 14.0 Å². The quantitative estimate of drug-likeness (QED) is 0.774. The number of ketones is 1. The smallest absolute Gasteiger partial charge is 0.320 e. The maximum absolute atomic E-state index is 12.6. The average molecular weight is 225 g/mol. The molecule has 3 N–H and O–H groups in total. The van der Waals surface area contributed by atoms with Crippen LogP contribution in [0.15, 0.2) is 24.3 Å². The van der Waals surface area contributed by atoms with Gasteiger partial charge in [0, 0.05) is 12.8 Å². The molecule has 0 amide bonds. The Hall–Kier alpha value is -1.75. The summed E-state index contributed by atoms with van der Waals surface area (Å²) < 4.78 is 12.6. The van der Waals surface area contributed by atoms with E-state index in [0.717, 1.165) is 0 Å². The summed E-state index contributed by atoms with van der Waals surface area (Å²) in [5.41, 5.74) is 5.86. The largest absolute Gasteiger partial charge is 0.480 e. The average Bonchev–Trinajstić information content (AvgIpc) is 2.21. The molecular weight excluding hydrogens is 213 g/mol. The summed E-state index contributed by atoms with van der Waals surface area (Å²) in [5, 5.41) is 8.51. The van der Waals surface area contributed by atoms with Crippen molar-refractivity contribution >= 4 is 11.8 Å². The number of halogens is 1. The first-order valence-electron chi connectivity index (χ1n) is 4.73. The van der Waals surface area contributed by atoms with Crippen molar-refractivity contribution in [3.63, 3.8) is 0 Å². The zero-order chi connectivity index (χ0) is 12.1. The second-order valence-electron chi connectivity index (χ2n) is 3.49. The molecule has 0 heterocycles. The van der Waals surface area contributed by atoms with Gasteiger partial charge in [0.2, 0.25) is 0 Å². The number of aliphatic carboxylic acids is 1. The van der Waals surface area contributed by atoms with Gasteiger partial charge >= 0.3 is 5.97 Å². The lowest BCUT2D eigenvalue weighted by Crippen LogP contribution is -2.32. The molecule has 5 heteroatoms. The summed E-state index contributed by atoms with van der Waals surface area (Å²) in [5.74, 6) is -1.85. The highest BCUT2D eigenvalue weighted by Crippen LogP contribution is 2.05. The van der Waals surface area contributed by atoms with Crippen LogP contribution in [0.25, 0.3) is 0 Å². The van der Waals surface area contributed by atoms with Gasteiger partial charge in [0.25, 0.3) is 0 Å². The Bertz CT molecular complexity index is 389. The summed E-state index contributed by atoms with van der Waals surface area (Å²) in [6, 6.07) is 4.30. The highest BCUT2D eigenvalue weighted by Gasteiger charge is 2.16. The topological polar surface area (TPSA) is 80.4 Å². The van der Waals surface area contributed by atoms with E-state index in [0.29, 0.717) is 5.56 Å². The van der Waals surface area contributed by atoms with E-state index in [2.05, 4.69) is 0 Å². The number of hydrogen-bond acceptors (Lipinski definition) is 3. The second kappa shape index (κ2) is 5.37. The Morgan fingerprint density at radius 1 is 1.31 bits per heavy atom. The molecule has 1 atom stereocenters. The van der Waals surface area contributed by atoms with Crippen molar-refractivity contribution in [1.82, 2.24) is 0 Å². The first-order chi connectivity index (χ1) is 7.49. The maximum atomic E-state index is 12.6. The van der Waals surface area contributed by atoms with Gasteiger partial charge in [-0.1, -0.05) is 12.1 Å². The molecule has 0 radical (unpaired) electrons. The van der Waals surface area contributed by atoms with Crippen LogP contribution < -0.4 is 5.73 Å². The SMILES string of the molecule is N[C@@H](CC(=O)Cc1ccc(F)cc1)C(=O)O. The Morgan fingerprint density at radius 3 is 2.38 bits per heavy atom. The molecule has 16 heavy (non-hydrogen) atoms. The van der Waals surface area contributed by atoms with E-state index in [1.165, 1.54) is 24.3 Å². The van der Waals surface area contributed by atoms with Crippen LogP contribution >= 0.6 is 0 Å². The molecule has 1 rings (SSSR count). The molecule has 0 unspecified atom stereocenters. The van der Waals surface area contributed by atoms with Crippen LogP contribution in [-0.2, 0) is 16.0 Å². The fourth-order valence-electron chi connectivity index (χ4n) is 1.23. The number of benzene rings is 1. The van der Waals surface area contributed by atoms with Crippen molar-refractivity contribution in [3.05, 3.63) is 35.6 Å². The van der Waals surface area contributed by atoms with Crippen molar-refractivity contribution in [1.29, 1.82) is 0 Å². The number of hydrogen-bond donors (Lipinski definition) is 2. The molecule has 1 aromatic rings. The number of nitrogens with two attached hydrogens (primary N) is 1. The van der Waals surface area contributed by atoms with E-state index in [1.54, 1.807) is 0 Å². The number of carbonyl (C=O) groups is 2. The Morgan fingerprint density at radius 2 is 1.88 bits per heavy atom. The van der Waals surface area contributed by atoms with Gasteiger partial charge in [-0.05, 0) is 17.7 Å². The van der Waals surface area contributed by atoms with Gasteiger partial charge in [0.15, 0.2) is 0 Å². The minimum atomic E-state index is -1.20. The van der Waals surface area contributed by atoms with E-state index in [4.69, 9.17) is 10.8 Å². The fraction of sp³-hybridized carbons (Fsp3) is 0.273. The molecule has 0 aliphatic carbocycles. The van der Waals surface area contributed by atoms with Gasteiger partial charge in [-0.25, -0.2) is 4.39 Å². The molecule has 0 saturated carbocycles. The van der Waals surface area contributed by atoms with Crippen LogP contribution in [-0.4, -0.2) is 22.9 Å². The van der Waals surface area contributed by atoms with Crippen LogP contribution in [0, 0.1) is 5.82 Å². The first kappa shape index (κ1) is 12.3. The highest BCUT2D eigenvalue weighted by atomic mass is 19.1. The molecule has 0 spiro atoms. The Balaban J connectivity index is 2.52. The third-order valence-electron chi connectivity index (χ3n) is 2.08. The van der Waals surface area contributed by atoms with Gasteiger partial charge in [-0.3, -0.25) is 9.59 Å². The predicted molar refractivity (Wildman–Crippen MR) is 55.3 cm³/mol. The van der Waals surface area contributed by atoms with Crippen molar-refractivity contribution in [2.75, 3.05) is 0 Å². The molecule has 0 aliphatic heterocycles. The summed E-state index contributed by atoms with van der Waals surface area (Å²) in [6.45, 7) is 0. The van der Waals surface area contributed by atoms with Crippen molar-refractivity contribution in [3.8, 4) is 0 Å². The maximum Gasteiger partial charge on any atom is 0.320 e. The summed E-state index contributed by atoms with van der Waals surface area (Å²) >= 11 is 0. The lowest BCUT2D eigenvalue weighted by atomic mass is 10.0. The van der Waals surface area contributed by atoms with Crippen molar-refractivity contribution in [2.45, 2.75) is 18.9 Å². The molecule has 0 saturated heterocycles. The molecule has 0 aromatic heterocycles. The van der Waals surface area contributed by atoms with Gasteiger partial charge in [-0.2, -0.15) is 0 Å². The van der Waals surface area contributed by atoms with Crippen molar-refractivity contribution in [2.24, 2.45) is 5.73 Å². The third-order valence-corrected chi connectivity index (χ3v) is 2.08. The zero-order valence-corrected chi connectivity index (χ0v) is 8.52.